The second-order valence-electron chi connectivity index (χ2n) is 8.66. The Morgan fingerprint density at radius 2 is 1.92 bits per heavy atom. The number of aromatic nitrogens is 2. The Bertz CT molecular complexity index is 994. The van der Waals surface area contributed by atoms with Crippen LogP contribution in [0.5, 0.6) is 0 Å². The number of guanidine groups is 1. The van der Waals surface area contributed by atoms with Crippen LogP contribution in [0.3, 0.4) is 0 Å². The lowest BCUT2D eigenvalue weighted by Crippen LogP contribution is -2.57. The molecule has 1 aromatic rings. The second kappa shape index (κ2) is 13.8. The van der Waals surface area contributed by atoms with Gasteiger partial charge in [0.2, 0.25) is 23.6 Å². The predicted molar refractivity (Wildman–Crippen MR) is 130 cm³/mol. The number of aromatic amines is 1. The Morgan fingerprint density at radius 3 is 2.51 bits per heavy atom. The first-order valence-corrected chi connectivity index (χ1v) is 11.7. The number of likely N-dealkylation sites (tertiary alicyclic amines) is 1. The van der Waals surface area contributed by atoms with E-state index >= 15 is 0 Å². The monoisotopic (exact) mass is 522 g/mol. The lowest BCUT2D eigenvalue weighted by molar-refractivity contribution is -0.145. The fourth-order valence-corrected chi connectivity index (χ4v) is 3.94. The maximum Gasteiger partial charge on any atom is 0.326 e. The van der Waals surface area contributed by atoms with Gasteiger partial charge in [0, 0.05) is 31.4 Å². The van der Waals surface area contributed by atoms with Crippen LogP contribution in [0, 0.1) is 0 Å². The van der Waals surface area contributed by atoms with Crippen molar-refractivity contribution in [3.05, 3.63) is 18.2 Å². The van der Waals surface area contributed by atoms with Crippen LogP contribution < -0.4 is 33.6 Å². The van der Waals surface area contributed by atoms with Gasteiger partial charge in [0.05, 0.1) is 18.8 Å². The number of carboxylic acids is 1. The number of aliphatic imine (C=N–C) groups is 1. The number of H-pyrrole nitrogens is 1. The van der Waals surface area contributed by atoms with E-state index in [2.05, 4.69) is 25.6 Å². The third kappa shape index (κ3) is 9.06. The molecule has 4 unspecified atom stereocenters. The van der Waals surface area contributed by atoms with Gasteiger partial charge in [0.1, 0.15) is 18.1 Å². The van der Waals surface area contributed by atoms with Crippen molar-refractivity contribution in [3.8, 4) is 0 Å². The van der Waals surface area contributed by atoms with Gasteiger partial charge in [-0.05, 0) is 25.7 Å². The number of rotatable bonds is 14. The summed E-state index contributed by atoms with van der Waals surface area (Å²) in [6.07, 6.45) is 3.68. The predicted octanol–water partition coefficient (Wildman–Crippen LogP) is -3.75. The fourth-order valence-electron chi connectivity index (χ4n) is 3.94. The van der Waals surface area contributed by atoms with Gasteiger partial charge in [-0.15, -0.1) is 0 Å². The first-order valence-electron chi connectivity index (χ1n) is 11.7. The molecule has 204 valence electrons. The highest BCUT2D eigenvalue weighted by molar-refractivity contribution is 5.95. The summed E-state index contributed by atoms with van der Waals surface area (Å²) < 4.78 is 0. The maximum atomic E-state index is 13.5. The Morgan fingerprint density at radius 1 is 1.19 bits per heavy atom. The molecule has 0 spiro atoms. The Balaban J connectivity index is 2.12. The van der Waals surface area contributed by atoms with E-state index in [0.29, 0.717) is 25.0 Å². The summed E-state index contributed by atoms with van der Waals surface area (Å²) in [5, 5.41) is 14.5. The molecule has 4 amide bonds. The first kappa shape index (κ1) is 29.0. The number of carbonyl (C=O) groups is 5. The molecule has 16 nitrogen and oxygen atoms in total. The van der Waals surface area contributed by atoms with Gasteiger partial charge >= 0.3 is 5.97 Å². The first-order chi connectivity index (χ1) is 17.5. The number of aliphatic carboxylic acids is 1. The summed E-state index contributed by atoms with van der Waals surface area (Å²) in [5.41, 5.74) is 21.9. The summed E-state index contributed by atoms with van der Waals surface area (Å²) in [6, 6.07) is -4.53. The number of primary amides is 1. The minimum absolute atomic E-state index is 0.0151. The van der Waals surface area contributed by atoms with Crippen molar-refractivity contribution in [1.29, 1.82) is 0 Å². The van der Waals surface area contributed by atoms with Gasteiger partial charge in [-0.3, -0.25) is 24.2 Å². The Hall–Kier alpha value is -4.21. The van der Waals surface area contributed by atoms with E-state index in [0.717, 1.165) is 0 Å². The third-order valence-corrected chi connectivity index (χ3v) is 5.75. The minimum atomic E-state index is -1.26. The van der Waals surface area contributed by atoms with Crippen LogP contribution >= 0.6 is 0 Å². The van der Waals surface area contributed by atoms with Crippen molar-refractivity contribution in [2.45, 2.75) is 62.7 Å². The maximum absolute atomic E-state index is 13.5. The number of nitrogens with two attached hydrogens (primary N) is 4. The van der Waals surface area contributed by atoms with Crippen LogP contribution in [0.15, 0.2) is 17.5 Å². The Kier molecular flexibility index (Phi) is 10.8. The summed E-state index contributed by atoms with van der Waals surface area (Å²) >= 11 is 0. The molecule has 0 saturated carbocycles. The van der Waals surface area contributed by atoms with E-state index in [4.69, 9.17) is 22.9 Å². The van der Waals surface area contributed by atoms with Gasteiger partial charge in [0.25, 0.3) is 0 Å². The second-order valence-corrected chi connectivity index (χ2v) is 8.66. The van der Waals surface area contributed by atoms with Crippen LogP contribution in [0.2, 0.25) is 0 Å². The van der Waals surface area contributed by atoms with Crippen molar-refractivity contribution >= 4 is 35.6 Å². The number of nitrogens with one attached hydrogen (secondary N) is 3. The normalized spacial score (nSPS) is 17.3. The number of nitrogens with zero attached hydrogens (tertiary/aromatic N) is 3. The highest BCUT2D eigenvalue weighted by Crippen LogP contribution is 2.20. The molecule has 2 rings (SSSR count). The highest BCUT2D eigenvalue weighted by Gasteiger charge is 2.39. The Labute approximate surface area is 212 Å². The van der Waals surface area contributed by atoms with E-state index in [1.54, 1.807) is 0 Å². The molecular formula is C21H34N10O6. The summed E-state index contributed by atoms with van der Waals surface area (Å²) in [6.45, 7) is 0.421. The summed E-state index contributed by atoms with van der Waals surface area (Å²) in [7, 11) is 0. The molecule has 0 aromatic carbocycles. The van der Waals surface area contributed by atoms with Crippen molar-refractivity contribution in [2.24, 2.45) is 27.9 Å². The number of hydrogen-bond donors (Lipinski definition) is 8. The average molecular weight is 523 g/mol. The molecule has 0 aliphatic carbocycles. The molecule has 1 saturated heterocycles. The number of imidazole rings is 1. The van der Waals surface area contributed by atoms with Crippen molar-refractivity contribution in [2.75, 3.05) is 13.1 Å². The molecule has 1 aromatic heterocycles. The van der Waals surface area contributed by atoms with Crippen LogP contribution in [0.25, 0.3) is 0 Å². The zero-order valence-corrected chi connectivity index (χ0v) is 20.3. The summed E-state index contributed by atoms with van der Waals surface area (Å²) in [4.78, 5) is 73.6. The van der Waals surface area contributed by atoms with Crippen molar-refractivity contribution in [1.82, 2.24) is 25.5 Å². The van der Waals surface area contributed by atoms with Gasteiger partial charge in [-0.2, -0.15) is 0 Å². The zero-order valence-electron chi connectivity index (χ0n) is 20.3. The molecule has 37 heavy (non-hydrogen) atoms. The lowest BCUT2D eigenvalue weighted by atomic mass is 10.1. The van der Waals surface area contributed by atoms with Crippen molar-refractivity contribution in [3.63, 3.8) is 0 Å². The highest BCUT2D eigenvalue weighted by atomic mass is 16.4. The van der Waals surface area contributed by atoms with Crippen LogP contribution in [-0.4, -0.2) is 92.8 Å². The van der Waals surface area contributed by atoms with E-state index in [-0.39, 0.29) is 31.9 Å². The molecule has 1 fully saturated rings. The molecular weight excluding hydrogens is 488 g/mol. The minimum Gasteiger partial charge on any atom is -0.480 e. The van der Waals surface area contributed by atoms with E-state index in [1.165, 1.54) is 17.4 Å². The molecule has 16 heteroatoms. The summed E-state index contributed by atoms with van der Waals surface area (Å²) in [5.74, 6) is -4.08. The topological polar surface area (TPSA) is 278 Å². The molecule has 1 aliphatic heterocycles. The number of carbonyl (C=O) groups excluding carboxylic acids is 4. The molecule has 1 aliphatic rings. The number of hydrogen-bond acceptors (Lipinski definition) is 8. The zero-order chi connectivity index (χ0) is 27.5. The quantitative estimate of drug-likeness (QED) is 0.0671. The van der Waals surface area contributed by atoms with Crippen LogP contribution in [0.4, 0.5) is 0 Å². The van der Waals surface area contributed by atoms with Gasteiger partial charge in [-0.25, -0.2) is 9.78 Å². The van der Waals surface area contributed by atoms with Crippen LogP contribution in [-0.2, 0) is 30.4 Å². The molecule has 2 heterocycles. The number of carboxylic acid groups (broad SMARTS) is 1. The van der Waals surface area contributed by atoms with Crippen molar-refractivity contribution < 1.29 is 29.1 Å². The molecule has 4 atom stereocenters. The van der Waals surface area contributed by atoms with Crippen LogP contribution in [0.1, 0.15) is 37.8 Å². The smallest absolute Gasteiger partial charge is 0.326 e. The van der Waals surface area contributed by atoms with E-state index in [1.807, 2.05) is 0 Å². The standard InChI is InChI=1S/C21H34N10O6/c22-12(8-16(23)32)17(33)30-14(7-11-9-26-10-28-11)19(35)31-6-2-4-15(31)18(34)29-13(20(36)37)3-1-5-27-21(24)25/h9-10,12-15H,1-8,22H2,(H2,23,32)(H,26,28)(H,29,34)(H,30,33)(H,36,37)(H4,24,25,27). The molecule has 0 radical (unpaired) electrons. The largest absolute Gasteiger partial charge is 0.480 e. The van der Waals surface area contributed by atoms with E-state index < -0.39 is 60.2 Å². The van der Waals surface area contributed by atoms with Gasteiger partial charge < -0.3 is 48.6 Å². The SMILES string of the molecule is NC(=O)CC(N)C(=O)NC(Cc1cnc[nH]1)C(=O)N1CCCC1C(=O)NC(CCCN=C(N)N)C(=O)O. The average Bonchev–Trinajstić information content (AvgIpc) is 3.51. The molecule has 0 bridgehead atoms. The third-order valence-electron chi connectivity index (χ3n) is 5.75. The lowest BCUT2D eigenvalue weighted by Gasteiger charge is -2.29. The number of amides is 4. The van der Waals surface area contributed by atoms with Gasteiger partial charge in [0.15, 0.2) is 5.96 Å². The van der Waals surface area contributed by atoms with Gasteiger partial charge in [-0.1, -0.05) is 0 Å². The fraction of sp³-hybridized carbons (Fsp3) is 0.571. The molecule has 12 N–H and O–H groups in total. The van der Waals surface area contributed by atoms with E-state index in [9.17, 15) is 29.1 Å².